The molecule has 0 aliphatic heterocycles. The van der Waals surface area contributed by atoms with E-state index in [9.17, 15) is 0 Å². The van der Waals surface area contributed by atoms with Crippen molar-refractivity contribution < 1.29 is 0 Å². The van der Waals surface area contributed by atoms with E-state index in [4.69, 9.17) is 17.4 Å². The van der Waals surface area contributed by atoms with Gasteiger partial charge in [-0.05, 0) is 48.7 Å². The van der Waals surface area contributed by atoms with Crippen LogP contribution >= 0.6 is 22.9 Å². The van der Waals surface area contributed by atoms with Crippen LogP contribution in [0.1, 0.15) is 33.8 Å². The maximum absolute atomic E-state index is 6.08. The zero-order valence-electron chi connectivity index (χ0n) is 11.2. The van der Waals surface area contributed by atoms with Gasteiger partial charge in [-0.25, -0.2) is 0 Å². The van der Waals surface area contributed by atoms with E-state index < -0.39 is 0 Å². The summed E-state index contributed by atoms with van der Waals surface area (Å²) >= 11 is 7.93. The van der Waals surface area contributed by atoms with Gasteiger partial charge in [-0.15, -0.1) is 11.3 Å². The Morgan fingerprint density at radius 1 is 1.26 bits per heavy atom. The molecule has 0 bridgehead atoms. The van der Waals surface area contributed by atoms with Crippen LogP contribution in [0.15, 0.2) is 30.3 Å². The fraction of sp³-hybridized carbons (Fsp3) is 0.333. The molecule has 0 saturated heterocycles. The zero-order valence-corrected chi connectivity index (χ0v) is 12.8. The van der Waals surface area contributed by atoms with Crippen molar-refractivity contribution in [1.82, 2.24) is 5.43 Å². The summed E-state index contributed by atoms with van der Waals surface area (Å²) in [4.78, 5) is 2.76. The maximum Gasteiger partial charge on any atom is 0.0511 e. The van der Waals surface area contributed by atoms with Crippen LogP contribution in [0.25, 0.3) is 0 Å². The molecule has 1 aromatic heterocycles. The molecule has 3 N–H and O–H groups in total. The molecule has 0 aliphatic carbocycles. The Bertz CT molecular complexity index is 551. The van der Waals surface area contributed by atoms with Crippen LogP contribution in [-0.2, 0) is 12.8 Å². The van der Waals surface area contributed by atoms with Crippen LogP contribution in [0, 0.1) is 6.92 Å². The maximum atomic E-state index is 6.08. The number of nitrogens with two attached hydrogens (primary N) is 1. The lowest BCUT2D eigenvalue weighted by atomic mass is 9.99. The van der Waals surface area contributed by atoms with E-state index in [2.05, 4.69) is 31.4 Å². The molecule has 102 valence electrons. The lowest BCUT2D eigenvalue weighted by Crippen LogP contribution is -2.29. The summed E-state index contributed by atoms with van der Waals surface area (Å²) in [5.74, 6) is 5.72. The third kappa shape index (κ3) is 3.57. The Morgan fingerprint density at radius 3 is 2.63 bits per heavy atom. The van der Waals surface area contributed by atoms with Crippen LogP contribution in [0.4, 0.5) is 0 Å². The van der Waals surface area contributed by atoms with Gasteiger partial charge in [-0.3, -0.25) is 11.3 Å². The summed E-state index contributed by atoms with van der Waals surface area (Å²) in [5, 5.41) is 0.751. The van der Waals surface area contributed by atoms with Gasteiger partial charge in [0.2, 0.25) is 0 Å². The summed E-state index contributed by atoms with van der Waals surface area (Å²) in [7, 11) is 0. The molecule has 19 heavy (non-hydrogen) atoms. The Kier molecular flexibility index (Phi) is 4.99. The molecule has 2 rings (SSSR count). The summed E-state index contributed by atoms with van der Waals surface area (Å²) in [6.45, 7) is 4.26. The average molecular weight is 295 g/mol. The second kappa shape index (κ2) is 6.53. The van der Waals surface area contributed by atoms with E-state index in [0.29, 0.717) is 0 Å². The van der Waals surface area contributed by atoms with E-state index in [1.165, 1.54) is 20.9 Å². The van der Waals surface area contributed by atoms with E-state index in [-0.39, 0.29) is 6.04 Å². The highest BCUT2D eigenvalue weighted by Crippen LogP contribution is 2.27. The van der Waals surface area contributed by atoms with Crippen molar-refractivity contribution in [2.45, 2.75) is 32.7 Å². The minimum atomic E-state index is 0.0991. The summed E-state index contributed by atoms with van der Waals surface area (Å²) in [6, 6.07) is 10.4. The number of halogens is 1. The third-order valence-electron chi connectivity index (χ3n) is 3.29. The predicted molar refractivity (Wildman–Crippen MR) is 83.7 cm³/mol. The molecule has 4 heteroatoms. The quantitative estimate of drug-likeness (QED) is 0.646. The lowest BCUT2D eigenvalue weighted by molar-refractivity contribution is 0.553. The standard InChI is InChI=1S/C15H19ClN2S/c1-3-12-6-7-13(19-12)9-15(18-17)14-8-11(16)5-4-10(14)2/h4-8,15,18H,3,9,17H2,1-2H3. The molecule has 1 unspecified atom stereocenters. The van der Waals surface area contributed by atoms with Crippen molar-refractivity contribution in [2.75, 3.05) is 0 Å². The Balaban J connectivity index is 2.22. The minimum absolute atomic E-state index is 0.0991. The zero-order chi connectivity index (χ0) is 13.8. The van der Waals surface area contributed by atoms with Gasteiger partial charge in [-0.1, -0.05) is 24.6 Å². The van der Waals surface area contributed by atoms with Gasteiger partial charge < -0.3 is 0 Å². The third-order valence-corrected chi connectivity index (χ3v) is 4.78. The Hall–Kier alpha value is -0.870. The molecule has 0 amide bonds. The number of hydrogen-bond donors (Lipinski definition) is 2. The van der Waals surface area contributed by atoms with Crippen molar-refractivity contribution >= 4 is 22.9 Å². The molecule has 1 heterocycles. The van der Waals surface area contributed by atoms with E-state index in [0.717, 1.165) is 17.9 Å². The topological polar surface area (TPSA) is 38.0 Å². The molecule has 2 nitrogen and oxygen atoms in total. The van der Waals surface area contributed by atoms with Crippen LogP contribution in [0.2, 0.25) is 5.02 Å². The highest BCUT2D eigenvalue weighted by Gasteiger charge is 2.14. The smallest absolute Gasteiger partial charge is 0.0511 e. The average Bonchev–Trinajstić information content (AvgIpc) is 2.87. The number of rotatable bonds is 5. The first-order valence-corrected chi connectivity index (χ1v) is 7.63. The summed E-state index contributed by atoms with van der Waals surface area (Å²) < 4.78 is 0. The van der Waals surface area contributed by atoms with Gasteiger partial charge >= 0.3 is 0 Å². The molecule has 0 aliphatic rings. The molecule has 0 fully saturated rings. The molecule has 0 radical (unpaired) electrons. The van der Waals surface area contributed by atoms with Gasteiger partial charge in [-0.2, -0.15) is 0 Å². The molecular weight excluding hydrogens is 276 g/mol. The van der Waals surface area contributed by atoms with Crippen LogP contribution < -0.4 is 11.3 Å². The normalized spacial score (nSPS) is 12.6. The van der Waals surface area contributed by atoms with Crippen LogP contribution in [0.5, 0.6) is 0 Å². The van der Waals surface area contributed by atoms with Crippen molar-refractivity contribution in [2.24, 2.45) is 5.84 Å². The van der Waals surface area contributed by atoms with Crippen molar-refractivity contribution in [3.8, 4) is 0 Å². The highest BCUT2D eigenvalue weighted by molar-refractivity contribution is 7.11. The van der Waals surface area contributed by atoms with Crippen molar-refractivity contribution in [1.29, 1.82) is 0 Å². The van der Waals surface area contributed by atoms with Crippen LogP contribution in [0.3, 0.4) is 0 Å². The van der Waals surface area contributed by atoms with Crippen molar-refractivity contribution in [3.63, 3.8) is 0 Å². The Morgan fingerprint density at radius 2 is 2.00 bits per heavy atom. The second-order valence-electron chi connectivity index (χ2n) is 4.65. The number of aryl methyl sites for hydroxylation is 2. The Labute approximate surface area is 123 Å². The number of hydrazine groups is 1. The summed E-state index contributed by atoms with van der Waals surface area (Å²) in [5.41, 5.74) is 5.29. The fourth-order valence-electron chi connectivity index (χ4n) is 2.17. The molecule has 1 atom stereocenters. The van der Waals surface area contributed by atoms with E-state index in [1.54, 1.807) is 0 Å². The summed E-state index contributed by atoms with van der Waals surface area (Å²) in [6.07, 6.45) is 1.98. The monoisotopic (exact) mass is 294 g/mol. The first-order chi connectivity index (χ1) is 9.13. The SMILES string of the molecule is CCc1ccc(CC(NN)c2cc(Cl)ccc2C)s1. The van der Waals surface area contributed by atoms with Gasteiger partial charge in [0.25, 0.3) is 0 Å². The fourth-order valence-corrected chi connectivity index (χ4v) is 3.35. The molecule has 2 aromatic rings. The number of benzene rings is 1. The molecule has 0 spiro atoms. The predicted octanol–water partition coefficient (Wildman–Crippen LogP) is 4.02. The van der Waals surface area contributed by atoms with Crippen LogP contribution in [-0.4, -0.2) is 0 Å². The molecule has 1 aromatic carbocycles. The lowest BCUT2D eigenvalue weighted by Gasteiger charge is -2.18. The van der Waals surface area contributed by atoms with Gasteiger partial charge in [0.05, 0.1) is 6.04 Å². The number of hydrogen-bond acceptors (Lipinski definition) is 3. The minimum Gasteiger partial charge on any atom is -0.271 e. The number of nitrogens with one attached hydrogen (secondary N) is 1. The van der Waals surface area contributed by atoms with Crippen molar-refractivity contribution in [3.05, 3.63) is 56.2 Å². The largest absolute Gasteiger partial charge is 0.271 e. The van der Waals surface area contributed by atoms with E-state index in [1.807, 2.05) is 29.5 Å². The first-order valence-electron chi connectivity index (χ1n) is 6.43. The highest BCUT2D eigenvalue weighted by atomic mass is 35.5. The van der Waals surface area contributed by atoms with Gasteiger partial charge in [0, 0.05) is 21.2 Å². The van der Waals surface area contributed by atoms with Gasteiger partial charge in [0.1, 0.15) is 0 Å². The van der Waals surface area contributed by atoms with E-state index >= 15 is 0 Å². The van der Waals surface area contributed by atoms with Gasteiger partial charge in [0.15, 0.2) is 0 Å². The number of thiophene rings is 1. The second-order valence-corrected chi connectivity index (χ2v) is 6.34. The molecule has 0 saturated carbocycles. The molecular formula is C15H19ClN2S. The first kappa shape index (κ1) is 14.5.